The van der Waals surface area contributed by atoms with E-state index in [1.807, 2.05) is 27.7 Å². The number of hydrogen-bond donors (Lipinski definition) is 1. The quantitative estimate of drug-likeness (QED) is 0.836. The standard InChI is InChI=1S/C16H24F3NO/c1-6-20-14(15(4,5)21-7-2)13-9-8-12(10-11(13)3)16(17,18)19/h8-10,14,20H,6-7H2,1-5H3. The van der Waals surface area contributed by atoms with Crippen LogP contribution in [0.5, 0.6) is 0 Å². The second-order valence-corrected chi connectivity index (χ2v) is 5.60. The van der Waals surface area contributed by atoms with E-state index in [9.17, 15) is 13.2 Å². The molecule has 21 heavy (non-hydrogen) atoms. The fraction of sp³-hybridized carbons (Fsp3) is 0.625. The van der Waals surface area contributed by atoms with Crippen molar-refractivity contribution >= 4 is 0 Å². The molecule has 5 heteroatoms. The number of ether oxygens (including phenoxy) is 1. The van der Waals surface area contributed by atoms with Crippen LogP contribution in [0.15, 0.2) is 18.2 Å². The van der Waals surface area contributed by atoms with Gasteiger partial charge in [0.15, 0.2) is 0 Å². The summed E-state index contributed by atoms with van der Waals surface area (Å²) < 4.78 is 44.1. The Labute approximate surface area is 124 Å². The molecule has 0 spiro atoms. The second kappa shape index (κ2) is 6.79. The van der Waals surface area contributed by atoms with Crippen molar-refractivity contribution in [1.29, 1.82) is 0 Å². The van der Waals surface area contributed by atoms with Gasteiger partial charge in [-0.25, -0.2) is 0 Å². The highest BCUT2D eigenvalue weighted by molar-refractivity contribution is 5.36. The Balaban J connectivity index is 3.21. The summed E-state index contributed by atoms with van der Waals surface area (Å²) in [5.41, 5.74) is 0.329. The minimum absolute atomic E-state index is 0.162. The first-order chi connectivity index (χ1) is 9.63. The Kier molecular flexibility index (Phi) is 5.82. The topological polar surface area (TPSA) is 21.3 Å². The number of likely N-dealkylation sites (N-methyl/N-ethyl adjacent to an activating group) is 1. The summed E-state index contributed by atoms with van der Waals surface area (Å²) in [6, 6.07) is 3.72. The van der Waals surface area contributed by atoms with Gasteiger partial charge in [0.05, 0.1) is 17.2 Å². The highest BCUT2D eigenvalue weighted by atomic mass is 19.4. The van der Waals surface area contributed by atoms with E-state index in [0.29, 0.717) is 18.7 Å². The van der Waals surface area contributed by atoms with E-state index < -0.39 is 17.3 Å². The van der Waals surface area contributed by atoms with Gasteiger partial charge in [0.25, 0.3) is 0 Å². The molecule has 0 radical (unpaired) electrons. The van der Waals surface area contributed by atoms with Gasteiger partial charge in [-0.2, -0.15) is 13.2 Å². The Hall–Kier alpha value is -1.07. The van der Waals surface area contributed by atoms with Crippen molar-refractivity contribution in [2.45, 2.75) is 52.4 Å². The molecule has 1 unspecified atom stereocenters. The maximum atomic E-state index is 12.8. The lowest BCUT2D eigenvalue weighted by atomic mass is 9.88. The average molecular weight is 303 g/mol. The van der Waals surface area contributed by atoms with Crippen LogP contribution in [0.1, 0.15) is 50.4 Å². The number of hydrogen-bond acceptors (Lipinski definition) is 2. The van der Waals surface area contributed by atoms with Crippen LogP contribution >= 0.6 is 0 Å². The molecule has 0 aliphatic rings. The van der Waals surface area contributed by atoms with Gasteiger partial charge < -0.3 is 10.1 Å². The largest absolute Gasteiger partial charge is 0.416 e. The third kappa shape index (κ3) is 4.45. The second-order valence-electron chi connectivity index (χ2n) is 5.60. The van der Waals surface area contributed by atoms with E-state index in [2.05, 4.69) is 5.32 Å². The van der Waals surface area contributed by atoms with Crippen molar-refractivity contribution in [3.63, 3.8) is 0 Å². The SMILES string of the molecule is CCNC(c1ccc(C(F)(F)F)cc1C)C(C)(C)OCC. The lowest BCUT2D eigenvalue weighted by molar-refractivity contribution is -0.137. The van der Waals surface area contributed by atoms with Gasteiger partial charge >= 0.3 is 6.18 Å². The average Bonchev–Trinajstić information content (AvgIpc) is 2.35. The number of nitrogens with one attached hydrogen (secondary N) is 1. The van der Waals surface area contributed by atoms with Crippen LogP contribution < -0.4 is 5.32 Å². The first-order valence-electron chi connectivity index (χ1n) is 7.18. The molecule has 0 amide bonds. The first kappa shape index (κ1) is 18.0. The smallest absolute Gasteiger partial charge is 0.374 e. The number of alkyl halides is 3. The van der Waals surface area contributed by atoms with E-state index in [4.69, 9.17) is 4.74 Å². The predicted octanol–water partition coefficient (Wildman–Crippen LogP) is 4.48. The fourth-order valence-electron chi connectivity index (χ4n) is 2.57. The lowest BCUT2D eigenvalue weighted by Crippen LogP contribution is -2.42. The molecule has 0 saturated carbocycles. The van der Waals surface area contributed by atoms with Crippen LogP contribution in [-0.4, -0.2) is 18.8 Å². The summed E-state index contributed by atoms with van der Waals surface area (Å²) in [6.07, 6.45) is -4.31. The van der Waals surface area contributed by atoms with Crippen LogP contribution in [0.3, 0.4) is 0 Å². The maximum Gasteiger partial charge on any atom is 0.416 e. The van der Waals surface area contributed by atoms with Crippen molar-refractivity contribution in [2.24, 2.45) is 0 Å². The zero-order chi connectivity index (χ0) is 16.3. The normalized spacial score (nSPS) is 14.3. The molecular formula is C16H24F3NO. The minimum Gasteiger partial charge on any atom is -0.374 e. The molecular weight excluding hydrogens is 279 g/mol. The van der Waals surface area contributed by atoms with Gasteiger partial charge in [0, 0.05) is 6.61 Å². The van der Waals surface area contributed by atoms with Gasteiger partial charge in [0.2, 0.25) is 0 Å². The Morgan fingerprint density at radius 2 is 1.81 bits per heavy atom. The van der Waals surface area contributed by atoms with Crippen molar-refractivity contribution in [2.75, 3.05) is 13.2 Å². The van der Waals surface area contributed by atoms with Crippen LogP contribution in [0.4, 0.5) is 13.2 Å². The fourth-order valence-corrected chi connectivity index (χ4v) is 2.57. The number of rotatable bonds is 6. The summed E-state index contributed by atoms with van der Waals surface area (Å²) in [5, 5.41) is 3.32. The molecule has 1 atom stereocenters. The predicted molar refractivity (Wildman–Crippen MR) is 78.3 cm³/mol. The summed E-state index contributed by atoms with van der Waals surface area (Å²) >= 11 is 0. The molecule has 0 aromatic heterocycles. The summed E-state index contributed by atoms with van der Waals surface area (Å²) in [5.74, 6) is 0. The molecule has 0 fully saturated rings. The zero-order valence-electron chi connectivity index (χ0n) is 13.3. The summed E-state index contributed by atoms with van der Waals surface area (Å²) in [7, 11) is 0. The van der Waals surface area contributed by atoms with E-state index in [-0.39, 0.29) is 6.04 Å². The molecule has 0 aliphatic heterocycles. The molecule has 1 aromatic carbocycles. The third-order valence-corrected chi connectivity index (χ3v) is 3.53. The highest BCUT2D eigenvalue weighted by Crippen LogP contribution is 2.35. The van der Waals surface area contributed by atoms with E-state index in [1.54, 1.807) is 13.0 Å². The van der Waals surface area contributed by atoms with Crippen LogP contribution in [0.25, 0.3) is 0 Å². The number of halogens is 3. The van der Waals surface area contributed by atoms with Gasteiger partial charge in [-0.1, -0.05) is 13.0 Å². The van der Waals surface area contributed by atoms with Crippen LogP contribution in [-0.2, 0) is 10.9 Å². The maximum absolute atomic E-state index is 12.8. The summed E-state index contributed by atoms with van der Waals surface area (Å²) in [6.45, 7) is 10.7. The number of aryl methyl sites for hydroxylation is 1. The van der Waals surface area contributed by atoms with Gasteiger partial charge in [-0.05, 0) is 57.5 Å². The molecule has 0 aliphatic carbocycles. The van der Waals surface area contributed by atoms with Crippen molar-refractivity contribution in [1.82, 2.24) is 5.32 Å². The van der Waals surface area contributed by atoms with Gasteiger partial charge in [0.1, 0.15) is 0 Å². The third-order valence-electron chi connectivity index (χ3n) is 3.53. The molecule has 0 saturated heterocycles. The van der Waals surface area contributed by atoms with Crippen LogP contribution in [0, 0.1) is 6.92 Å². The molecule has 0 heterocycles. The van der Waals surface area contributed by atoms with Crippen LogP contribution in [0.2, 0.25) is 0 Å². The van der Waals surface area contributed by atoms with E-state index >= 15 is 0 Å². The van der Waals surface area contributed by atoms with Crippen molar-refractivity contribution in [3.8, 4) is 0 Å². The Bertz CT molecular complexity index is 469. The van der Waals surface area contributed by atoms with Gasteiger partial charge in [-0.15, -0.1) is 0 Å². The molecule has 1 N–H and O–H groups in total. The molecule has 1 aromatic rings. The minimum atomic E-state index is -4.31. The number of benzene rings is 1. The highest BCUT2D eigenvalue weighted by Gasteiger charge is 2.34. The van der Waals surface area contributed by atoms with E-state index in [0.717, 1.165) is 11.6 Å². The first-order valence-corrected chi connectivity index (χ1v) is 7.18. The zero-order valence-corrected chi connectivity index (χ0v) is 13.3. The van der Waals surface area contributed by atoms with E-state index in [1.165, 1.54) is 6.07 Å². The molecule has 120 valence electrons. The van der Waals surface area contributed by atoms with Gasteiger partial charge in [-0.3, -0.25) is 0 Å². The Morgan fingerprint density at radius 3 is 2.24 bits per heavy atom. The van der Waals surface area contributed by atoms with Crippen molar-refractivity contribution < 1.29 is 17.9 Å². The monoisotopic (exact) mass is 303 g/mol. The molecule has 0 bridgehead atoms. The summed E-state index contributed by atoms with van der Waals surface area (Å²) in [4.78, 5) is 0. The Morgan fingerprint density at radius 1 is 1.19 bits per heavy atom. The molecule has 2 nitrogen and oxygen atoms in total. The molecule has 1 rings (SSSR count). The van der Waals surface area contributed by atoms with Crippen molar-refractivity contribution in [3.05, 3.63) is 34.9 Å². The lowest BCUT2D eigenvalue weighted by Gasteiger charge is -2.36.